The first kappa shape index (κ1) is 15.4. The van der Waals surface area contributed by atoms with Crippen LogP contribution < -0.4 is 5.73 Å². The molecule has 112 valence electrons. The van der Waals surface area contributed by atoms with Gasteiger partial charge in [-0.2, -0.15) is 13.2 Å². The zero-order chi connectivity index (χ0) is 15.6. The fourth-order valence-electron chi connectivity index (χ4n) is 2.17. The van der Waals surface area contributed by atoms with Crippen molar-refractivity contribution in [2.45, 2.75) is 25.1 Å². The maximum Gasteiger partial charge on any atom is 0.419 e. The number of hydrogen-bond acceptors (Lipinski definition) is 2. The molecule has 2 unspecified atom stereocenters. The normalized spacial score (nSPS) is 14.8. The second kappa shape index (κ2) is 5.81. The summed E-state index contributed by atoms with van der Waals surface area (Å²) in [5.74, 6) is -1.65. The van der Waals surface area contributed by atoms with Gasteiger partial charge in [0, 0.05) is 29.9 Å². The monoisotopic (exact) mass is 298 g/mol. The van der Waals surface area contributed by atoms with Crippen LogP contribution >= 0.6 is 0 Å². The molecule has 0 amide bonds. The minimum absolute atomic E-state index is 0.144. The highest BCUT2D eigenvalue weighted by Gasteiger charge is 2.36. The molecule has 2 aromatic rings. The van der Waals surface area contributed by atoms with E-state index in [1.165, 1.54) is 12.1 Å². The van der Waals surface area contributed by atoms with Gasteiger partial charge in [0.05, 0.1) is 5.56 Å². The van der Waals surface area contributed by atoms with Crippen molar-refractivity contribution in [3.8, 4) is 0 Å². The molecular weight excluding hydrogens is 284 g/mol. The van der Waals surface area contributed by atoms with Crippen LogP contribution in [0, 0.1) is 5.82 Å². The Hall–Kier alpha value is -1.95. The zero-order valence-corrected chi connectivity index (χ0v) is 11.2. The minimum atomic E-state index is -4.74. The van der Waals surface area contributed by atoms with E-state index < -0.39 is 23.6 Å². The Kier molecular flexibility index (Phi) is 4.27. The van der Waals surface area contributed by atoms with Crippen LogP contribution in [-0.2, 0) is 6.18 Å². The van der Waals surface area contributed by atoms with Crippen molar-refractivity contribution in [3.63, 3.8) is 0 Å². The third-order valence-corrected chi connectivity index (χ3v) is 3.46. The van der Waals surface area contributed by atoms with Crippen molar-refractivity contribution >= 4 is 0 Å². The van der Waals surface area contributed by atoms with E-state index in [1.54, 1.807) is 31.5 Å². The molecule has 0 spiro atoms. The molecule has 0 saturated carbocycles. The molecule has 2 N–H and O–H groups in total. The van der Waals surface area contributed by atoms with E-state index in [2.05, 4.69) is 4.98 Å². The molecule has 2 nitrogen and oxygen atoms in total. The van der Waals surface area contributed by atoms with Crippen molar-refractivity contribution in [2.24, 2.45) is 5.73 Å². The second-order valence-electron chi connectivity index (χ2n) is 4.80. The maximum absolute atomic E-state index is 14.1. The Labute approximate surface area is 119 Å². The van der Waals surface area contributed by atoms with Gasteiger partial charge in [-0.25, -0.2) is 4.39 Å². The van der Waals surface area contributed by atoms with Crippen LogP contribution in [0.3, 0.4) is 0 Å². The largest absolute Gasteiger partial charge is 0.419 e. The first-order chi connectivity index (χ1) is 9.82. The van der Waals surface area contributed by atoms with Crippen LogP contribution in [0.1, 0.15) is 35.6 Å². The Morgan fingerprint density at radius 1 is 1.10 bits per heavy atom. The number of nitrogens with two attached hydrogens (primary N) is 1. The fraction of sp³-hybridized carbons (Fsp3) is 0.267. The number of nitrogens with zero attached hydrogens (tertiary/aromatic N) is 1. The van der Waals surface area contributed by atoms with Crippen LogP contribution in [0.5, 0.6) is 0 Å². The predicted octanol–water partition coefficient (Wildman–Crippen LogP) is 4.04. The van der Waals surface area contributed by atoms with Crippen molar-refractivity contribution in [3.05, 3.63) is 65.2 Å². The molecule has 1 aromatic carbocycles. The summed E-state index contributed by atoms with van der Waals surface area (Å²) in [6, 6.07) is 5.69. The van der Waals surface area contributed by atoms with Crippen molar-refractivity contribution in [1.82, 2.24) is 4.98 Å². The third-order valence-electron chi connectivity index (χ3n) is 3.46. The average molecular weight is 298 g/mol. The summed E-state index contributed by atoms with van der Waals surface area (Å²) in [7, 11) is 0. The zero-order valence-electron chi connectivity index (χ0n) is 11.2. The molecule has 1 heterocycles. The summed E-state index contributed by atoms with van der Waals surface area (Å²) in [6.07, 6.45) is -1.62. The van der Waals surface area contributed by atoms with Gasteiger partial charge in [-0.3, -0.25) is 4.98 Å². The van der Waals surface area contributed by atoms with Crippen molar-refractivity contribution in [1.29, 1.82) is 0 Å². The second-order valence-corrected chi connectivity index (χ2v) is 4.80. The van der Waals surface area contributed by atoms with Crippen molar-refractivity contribution in [2.75, 3.05) is 0 Å². The molecule has 0 bridgehead atoms. The fourth-order valence-corrected chi connectivity index (χ4v) is 2.17. The van der Waals surface area contributed by atoms with Crippen LogP contribution in [0.2, 0.25) is 0 Å². The molecule has 6 heteroatoms. The van der Waals surface area contributed by atoms with E-state index in [1.807, 2.05) is 0 Å². The van der Waals surface area contributed by atoms with E-state index in [4.69, 9.17) is 5.73 Å². The number of halogens is 4. The number of hydrogen-bond donors (Lipinski definition) is 1. The van der Waals surface area contributed by atoms with Crippen LogP contribution in [0.15, 0.2) is 42.7 Å². The van der Waals surface area contributed by atoms with Gasteiger partial charge in [0.15, 0.2) is 0 Å². The van der Waals surface area contributed by atoms with Crippen molar-refractivity contribution < 1.29 is 17.6 Å². The van der Waals surface area contributed by atoms with Crippen LogP contribution in [0.25, 0.3) is 0 Å². The van der Waals surface area contributed by atoms with E-state index >= 15 is 0 Å². The number of alkyl halides is 3. The molecule has 0 aliphatic heterocycles. The third kappa shape index (κ3) is 3.21. The lowest BCUT2D eigenvalue weighted by molar-refractivity contribution is -0.140. The molecule has 2 rings (SSSR count). The van der Waals surface area contributed by atoms with E-state index in [-0.39, 0.29) is 11.5 Å². The molecule has 0 aliphatic carbocycles. The molecule has 0 fully saturated rings. The Morgan fingerprint density at radius 2 is 1.71 bits per heavy atom. The molecule has 0 aliphatic rings. The summed E-state index contributed by atoms with van der Waals surface area (Å²) >= 11 is 0. The lowest BCUT2D eigenvalue weighted by Gasteiger charge is -2.22. The van der Waals surface area contributed by atoms with E-state index in [0.29, 0.717) is 6.07 Å². The summed E-state index contributed by atoms with van der Waals surface area (Å²) in [4.78, 5) is 3.86. The Morgan fingerprint density at radius 3 is 2.29 bits per heavy atom. The quantitative estimate of drug-likeness (QED) is 0.868. The standard InChI is InChI=1S/C15H14F4N2/c1-9(10-5-7-21-8-6-10)14(20)11-3-2-4-12(13(11)16)15(17,18)19/h2-9,14H,20H2,1H3. The highest BCUT2D eigenvalue weighted by Crippen LogP contribution is 2.36. The lowest BCUT2D eigenvalue weighted by Crippen LogP contribution is -2.21. The smallest absolute Gasteiger partial charge is 0.323 e. The minimum Gasteiger partial charge on any atom is -0.323 e. The Balaban J connectivity index is 2.38. The summed E-state index contributed by atoms with van der Waals surface area (Å²) in [5, 5.41) is 0. The molecule has 1 aromatic heterocycles. The van der Waals surface area contributed by atoms with Gasteiger partial charge in [-0.1, -0.05) is 19.1 Å². The number of aromatic nitrogens is 1. The Bertz CT molecular complexity index is 611. The molecule has 0 saturated heterocycles. The summed E-state index contributed by atoms with van der Waals surface area (Å²) < 4.78 is 52.3. The van der Waals surface area contributed by atoms with Gasteiger partial charge in [0.2, 0.25) is 0 Å². The highest BCUT2D eigenvalue weighted by atomic mass is 19.4. The van der Waals surface area contributed by atoms with Gasteiger partial charge in [-0.05, 0) is 23.8 Å². The van der Waals surface area contributed by atoms with Gasteiger partial charge in [0.25, 0.3) is 0 Å². The van der Waals surface area contributed by atoms with Crippen LogP contribution in [0.4, 0.5) is 17.6 Å². The van der Waals surface area contributed by atoms with Gasteiger partial charge in [-0.15, -0.1) is 0 Å². The summed E-state index contributed by atoms with van der Waals surface area (Å²) in [6.45, 7) is 1.74. The first-order valence-electron chi connectivity index (χ1n) is 6.33. The molecule has 0 radical (unpaired) electrons. The van der Waals surface area contributed by atoms with Gasteiger partial charge < -0.3 is 5.73 Å². The SMILES string of the molecule is CC(c1ccncc1)C(N)c1cccc(C(F)(F)F)c1F. The number of rotatable bonds is 3. The first-order valence-corrected chi connectivity index (χ1v) is 6.33. The topological polar surface area (TPSA) is 38.9 Å². The number of benzene rings is 1. The van der Waals surface area contributed by atoms with Crippen LogP contribution in [-0.4, -0.2) is 4.98 Å². The van der Waals surface area contributed by atoms with Gasteiger partial charge in [0.1, 0.15) is 5.82 Å². The lowest BCUT2D eigenvalue weighted by atomic mass is 9.88. The molecule has 2 atom stereocenters. The molecular formula is C15H14F4N2. The van der Waals surface area contributed by atoms with Gasteiger partial charge >= 0.3 is 6.18 Å². The highest BCUT2D eigenvalue weighted by molar-refractivity contribution is 5.33. The average Bonchev–Trinajstić information content (AvgIpc) is 2.45. The maximum atomic E-state index is 14.1. The van der Waals surface area contributed by atoms with E-state index in [0.717, 1.165) is 5.56 Å². The van der Waals surface area contributed by atoms with E-state index in [9.17, 15) is 17.6 Å². The summed E-state index contributed by atoms with van der Waals surface area (Å²) in [5.41, 5.74) is 5.30. The molecule has 21 heavy (non-hydrogen) atoms. The predicted molar refractivity (Wildman–Crippen MR) is 71.0 cm³/mol. The number of pyridine rings is 1.